The number of hydrogen-bond acceptors (Lipinski definition) is 6. The number of rotatable bonds is 7. The molecule has 1 aromatic carbocycles. The van der Waals surface area contributed by atoms with Gasteiger partial charge in [-0.05, 0) is 24.6 Å². The number of aliphatic hydroxyl groups is 1. The van der Waals surface area contributed by atoms with Gasteiger partial charge in [-0.3, -0.25) is 4.68 Å². The van der Waals surface area contributed by atoms with E-state index in [0.29, 0.717) is 34.8 Å². The fraction of sp³-hybridized carbons (Fsp3) is 0.118. The van der Waals surface area contributed by atoms with Crippen molar-refractivity contribution in [2.75, 3.05) is 17.2 Å². The van der Waals surface area contributed by atoms with Crippen LogP contribution in [0, 0.1) is 18.8 Å². The lowest BCUT2D eigenvalue weighted by atomic mass is 10.1. The van der Waals surface area contributed by atoms with Crippen molar-refractivity contribution in [1.82, 2.24) is 19.7 Å². The summed E-state index contributed by atoms with van der Waals surface area (Å²) in [5.74, 6) is 0.766. The second kappa shape index (κ2) is 8.11. The number of aliphatic hydroxyl groups excluding tert-OH is 1. The first-order valence-electron chi connectivity index (χ1n) is 7.71. The maximum absolute atomic E-state index is 13.4. The number of aromatic nitrogens is 4. The number of halogens is 2. The summed E-state index contributed by atoms with van der Waals surface area (Å²) in [5, 5.41) is 19.3. The van der Waals surface area contributed by atoms with Crippen LogP contribution in [-0.2, 0) is 6.54 Å². The Labute approximate surface area is 154 Å². The van der Waals surface area contributed by atoms with Gasteiger partial charge in [0.05, 0.1) is 25.4 Å². The van der Waals surface area contributed by atoms with Crippen molar-refractivity contribution in [3.05, 3.63) is 72.1 Å². The molecule has 0 aliphatic heterocycles. The first-order chi connectivity index (χ1) is 12.5. The van der Waals surface area contributed by atoms with Gasteiger partial charge in [-0.1, -0.05) is 23.7 Å². The van der Waals surface area contributed by atoms with Crippen LogP contribution in [0.25, 0.3) is 0 Å². The maximum Gasteiger partial charge on any atom is 0.230 e. The molecule has 134 valence electrons. The predicted octanol–water partition coefficient (Wildman–Crippen LogP) is 3.03. The lowest BCUT2D eigenvalue weighted by molar-refractivity contribution is 0.269. The highest BCUT2D eigenvalue weighted by Gasteiger charge is 2.13. The first kappa shape index (κ1) is 18.1. The van der Waals surface area contributed by atoms with E-state index >= 15 is 0 Å². The van der Waals surface area contributed by atoms with Crippen LogP contribution >= 0.6 is 11.6 Å². The van der Waals surface area contributed by atoms with Gasteiger partial charge < -0.3 is 15.7 Å². The SMILES string of the molecule is [CH2][C](Nc1nc(Nc2ccn(CCO)n2)ncc1Cl)c1cccc(F)c1. The molecule has 0 saturated carbocycles. The summed E-state index contributed by atoms with van der Waals surface area (Å²) in [6.07, 6.45) is 3.15. The summed E-state index contributed by atoms with van der Waals surface area (Å²) in [5.41, 5.74) is 0.580. The van der Waals surface area contributed by atoms with Crippen molar-refractivity contribution in [1.29, 1.82) is 0 Å². The van der Waals surface area contributed by atoms with Crippen LogP contribution < -0.4 is 10.6 Å². The van der Waals surface area contributed by atoms with Crippen molar-refractivity contribution >= 4 is 29.2 Å². The highest BCUT2D eigenvalue weighted by Crippen LogP contribution is 2.25. The van der Waals surface area contributed by atoms with Crippen molar-refractivity contribution in [3.8, 4) is 0 Å². The molecule has 3 N–H and O–H groups in total. The van der Waals surface area contributed by atoms with Crippen LogP contribution in [0.15, 0.2) is 42.7 Å². The fourth-order valence-corrected chi connectivity index (χ4v) is 2.31. The van der Waals surface area contributed by atoms with Crippen LogP contribution in [0.2, 0.25) is 5.02 Å². The third-order valence-corrected chi connectivity index (χ3v) is 3.67. The third kappa shape index (κ3) is 4.47. The summed E-state index contributed by atoms with van der Waals surface area (Å²) < 4.78 is 14.9. The smallest absolute Gasteiger partial charge is 0.230 e. The molecule has 0 bridgehead atoms. The molecular formula is C17H16ClFN6O. The van der Waals surface area contributed by atoms with Crippen LogP contribution in [0.4, 0.5) is 22.0 Å². The van der Waals surface area contributed by atoms with Gasteiger partial charge in [0.15, 0.2) is 11.6 Å². The molecule has 0 aliphatic carbocycles. The maximum atomic E-state index is 13.4. The molecule has 7 nitrogen and oxygen atoms in total. The summed E-state index contributed by atoms with van der Waals surface area (Å²) in [7, 11) is 0. The minimum atomic E-state index is -0.361. The largest absolute Gasteiger partial charge is 0.394 e. The molecule has 2 heterocycles. The minimum Gasteiger partial charge on any atom is -0.394 e. The molecule has 0 saturated heterocycles. The summed E-state index contributed by atoms with van der Waals surface area (Å²) >= 11 is 6.13. The van der Waals surface area contributed by atoms with E-state index in [1.54, 1.807) is 29.1 Å². The van der Waals surface area contributed by atoms with Gasteiger partial charge in [-0.25, -0.2) is 9.37 Å². The lowest BCUT2D eigenvalue weighted by Crippen LogP contribution is -2.11. The molecule has 0 aliphatic rings. The number of anilines is 3. The van der Waals surface area contributed by atoms with E-state index in [4.69, 9.17) is 16.7 Å². The van der Waals surface area contributed by atoms with Crippen molar-refractivity contribution in [2.24, 2.45) is 0 Å². The Morgan fingerprint density at radius 3 is 2.96 bits per heavy atom. The zero-order valence-corrected chi connectivity index (χ0v) is 14.4. The number of nitrogens with one attached hydrogen (secondary N) is 2. The summed E-state index contributed by atoms with van der Waals surface area (Å²) in [6.45, 7) is 4.27. The molecular weight excluding hydrogens is 359 g/mol. The Balaban J connectivity index is 1.74. The van der Waals surface area contributed by atoms with Crippen molar-refractivity contribution in [3.63, 3.8) is 0 Å². The molecule has 9 heteroatoms. The molecule has 3 rings (SSSR count). The second-order valence-corrected chi connectivity index (χ2v) is 5.72. The van der Waals surface area contributed by atoms with Gasteiger partial charge >= 0.3 is 0 Å². The van der Waals surface area contributed by atoms with Crippen LogP contribution in [0.1, 0.15) is 5.56 Å². The zero-order chi connectivity index (χ0) is 18.5. The number of hydrogen-bond donors (Lipinski definition) is 3. The topological polar surface area (TPSA) is 87.9 Å². The summed E-state index contributed by atoms with van der Waals surface area (Å²) in [4.78, 5) is 8.39. The van der Waals surface area contributed by atoms with E-state index in [0.717, 1.165) is 0 Å². The van der Waals surface area contributed by atoms with Crippen molar-refractivity contribution in [2.45, 2.75) is 6.54 Å². The Bertz CT molecular complexity index is 887. The Hall–Kier alpha value is -2.71. The van der Waals surface area contributed by atoms with E-state index in [1.165, 1.54) is 18.3 Å². The highest BCUT2D eigenvalue weighted by molar-refractivity contribution is 6.32. The van der Waals surface area contributed by atoms with Gasteiger partial charge in [0, 0.05) is 12.3 Å². The van der Waals surface area contributed by atoms with Gasteiger partial charge in [0.1, 0.15) is 10.8 Å². The van der Waals surface area contributed by atoms with E-state index < -0.39 is 0 Å². The van der Waals surface area contributed by atoms with E-state index in [-0.39, 0.29) is 18.4 Å². The third-order valence-electron chi connectivity index (χ3n) is 3.40. The molecule has 0 atom stereocenters. The van der Waals surface area contributed by atoms with Gasteiger partial charge in [-0.2, -0.15) is 10.1 Å². The first-order valence-corrected chi connectivity index (χ1v) is 8.08. The molecule has 2 radical (unpaired) electrons. The van der Waals surface area contributed by atoms with Gasteiger partial charge in [-0.15, -0.1) is 0 Å². The number of nitrogens with zero attached hydrogens (tertiary/aromatic N) is 4. The fourth-order valence-electron chi connectivity index (χ4n) is 2.18. The van der Waals surface area contributed by atoms with Crippen LogP contribution in [0.5, 0.6) is 0 Å². The lowest BCUT2D eigenvalue weighted by Gasteiger charge is -2.15. The van der Waals surface area contributed by atoms with Gasteiger partial charge in [0.25, 0.3) is 0 Å². The highest BCUT2D eigenvalue weighted by atomic mass is 35.5. The van der Waals surface area contributed by atoms with E-state index in [9.17, 15) is 4.39 Å². The van der Waals surface area contributed by atoms with Crippen molar-refractivity contribution < 1.29 is 9.50 Å². The molecule has 0 fully saturated rings. The molecule has 0 unspecified atom stereocenters. The Kier molecular flexibility index (Phi) is 5.65. The zero-order valence-electron chi connectivity index (χ0n) is 13.7. The molecule has 26 heavy (non-hydrogen) atoms. The molecule has 3 aromatic rings. The molecule has 0 amide bonds. The number of benzene rings is 1. The Morgan fingerprint density at radius 2 is 2.19 bits per heavy atom. The van der Waals surface area contributed by atoms with Crippen LogP contribution in [-0.4, -0.2) is 31.5 Å². The van der Waals surface area contributed by atoms with Gasteiger partial charge in [0.2, 0.25) is 5.95 Å². The van der Waals surface area contributed by atoms with E-state index in [2.05, 4.69) is 32.6 Å². The van der Waals surface area contributed by atoms with Crippen LogP contribution in [0.3, 0.4) is 0 Å². The standard InChI is InChI=1S/C17H16ClFN6O/c1-11(12-3-2-4-13(19)9-12)21-16-14(18)10-20-17(23-16)22-15-5-6-25(24-15)7-8-26/h2-6,9-10,26H,1,7-8H2,(H2,20,21,22,23,24). The predicted molar refractivity (Wildman–Crippen MR) is 97.4 cm³/mol. The normalized spacial score (nSPS) is 11.0. The molecule has 2 aromatic heterocycles. The average molecular weight is 375 g/mol. The second-order valence-electron chi connectivity index (χ2n) is 5.32. The monoisotopic (exact) mass is 374 g/mol. The quantitative estimate of drug-likeness (QED) is 0.589. The molecule has 0 spiro atoms. The van der Waals surface area contributed by atoms with E-state index in [1.807, 2.05) is 0 Å². The summed E-state index contributed by atoms with van der Waals surface area (Å²) in [6, 6.07) is 8.20. The minimum absolute atomic E-state index is 0.00513. The average Bonchev–Trinajstić information content (AvgIpc) is 3.05. The Morgan fingerprint density at radius 1 is 1.35 bits per heavy atom.